The number of methoxy groups -OCH3 is 2. The molecular formula is C26H28O5. The van der Waals surface area contributed by atoms with Crippen molar-refractivity contribution in [2.75, 3.05) is 20.8 Å². The summed E-state index contributed by atoms with van der Waals surface area (Å²) in [5.74, 6) is 1.71. The second-order valence-corrected chi connectivity index (χ2v) is 7.92. The molecule has 1 aliphatic rings. The van der Waals surface area contributed by atoms with Gasteiger partial charge in [0.15, 0.2) is 11.5 Å². The number of phenolic OH excluding ortho intramolecular Hbond substituents is 2. The third-order valence-electron chi connectivity index (χ3n) is 6.13. The van der Waals surface area contributed by atoms with E-state index in [-0.39, 0.29) is 23.3 Å². The van der Waals surface area contributed by atoms with Crippen molar-refractivity contribution in [3.05, 3.63) is 76.3 Å². The Kier molecular flexibility index (Phi) is 5.68. The van der Waals surface area contributed by atoms with Crippen LogP contribution in [0.15, 0.2) is 48.5 Å². The van der Waals surface area contributed by atoms with Crippen molar-refractivity contribution < 1.29 is 24.4 Å². The van der Waals surface area contributed by atoms with Crippen molar-refractivity contribution in [3.63, 3.8) is 0 Å². The summed E-state index contributed by atoms with van der Waals surface area (Å²) in [5, 5.41) is 20.7. The Morgan fingerprint density at radius 3 is 2.16 bits per heavy atom. The molecule has 5 nitrogen and oxygen atoms in total. The van der Waals surface area contributed by atoms with Gasteiger partial charge in [-0.2, -0.15) is 0 Å². The Morgan fingerprint density at radius 1 is 0.935 bits per heavy atom. The molecule has 0 aromatic heterocycles. The average molecular weight is 421 g/mol. The van der Waals surface area contributed by atoms with Crippen LogP contribution >= 0.6 is 0 Å². The maximum atomic E-state index is 10.4. The lowest BCUT2D eigenvalue weighted by Crippen LogP contribution is -2.26. The van der Waals surface area contributed by atoms with Crippen LogP contribution in [-0.4, -0.2) is 31.0 Å². The summed E-state index contributed by atoms with van der Waals surface area (Å²) in [6.45, 7) is 4.52. The van der Waals surface area contributed by atoms with E-state index in [0.29, 0.717) is 24.5 Å². The van der Waals surface area contributed by atoms with E-state index in [1.807, 2.05) is 25.1 Å². The van der Waals surface area contributed by atoms with E-state index in [1.54, 1.807) is 6.07 Å². The van der Waals surface area contributed by atoms with Gasteiger partial charge in [0.1, 0.15) is 11.5 Å². The van der Waals surface area contributed by atoms with E-state index in [9.17, 15) is 10.2 Å². The lowest BCUT2D eigenvalue weighted by atomic mass is 9.75. The highest BCUT2D eigenvalue weighted by Crippen LogP contribution is 2.51. The van der Waals surface area contributed by atoms with Crippen LogP contribution in [0.2, 0.25) is 0 Å². The molecule has 0 saturated heterocycles. The third-order valence-corrected chi connectivity index (χ3v) is 6.13. The number of hydrogen-bond donors (Lipinski definition) is 2. The molecule has 3 aromatic rings. The van der Waals surface area contributed by atoms with Gasteiger partial charge < -0.3 is 24.4 Å². The molecule has 3 aromatic carbocycles. The largest absolute Gasteiger partial charge is 0.508 e. The second kappa shape index (κ2) is 8.42. The first-order valence-corrected chi connectivity index (χ1v) is 10.5. The summed E-state index contributed by atoms with van der Waals surface area (Å²) in [7, 11) is 3.05. The number of rotatable bonds is 5. The number of benzene rings is 3. The van der Waals surface area contributed by atoms with Crippen LogP contribution in [0, 0.1) is 6.92 Å². The smallest absolute Gasteiger partial charge is 0.200 e. The quantitative estimate of drug-likeness (QED) is 0.587. The molecule has 2 atom stereocenters. The van der Waals surface area contributed by atoms with Crippen molar-refractivity contribution in [1.29, 1.82) is 0 Å². The molecule has 5 heteroatoms. The molecule has 0 bridgehead atoms. The highest BCUT2D eigenvalue weighted by atomic mass is 16.5. The summed E-state index contributed by atoms with van der Waals surface area (Å²) in [6, 6.07) is 15.9. The molecule has 2 unspecified atom stereocenters. The Bertz CT molecular complexity index is 1060. The lowest BCUT2D eigenvalue weighted by molar-refractivity contribution is 0.244. The maximum absolute atomic E-state index is 10.4. The van der Waals surface area contributed by atoms with Gasteiger partial charge in [-0.3, -0.25) is 0 Å². The molecule has 0 aliphatic carbocycles. The van der Waals surface area contributed by atoms with E-state index >= 15 is 0 Å². The minimum atomic E-state index is -0.0344. The van der Waals surface area contributed by atoms with E-state index in [1.165, 1.54) is 25.3 Å². The van der Waals surface area contributed by atoms with Crippen molar-refractivity contribution in [1.82, 2.24) is 0 Å². The number of phenols is 2. The van der Waals surface area contributed by atoms with Crippen molar-refractivity contribution >= 4 is 0 Å². The van der Waals surface area contributed by atoms with Crippen LogP contribution in [-0.2, 0) is 6.42 Å². The number of aryl methyl sites for hydroxylation is 1. The fourth-order valence-electron chi connectivity index (χ4n) is 4.48. The monoisotopic (exact) mass is 420 g/mol. The molecule has 0 saturated carbocycles. The van der Waals surface area contributed by atoms with Crippen molar-refractivity contribution in [3.8, 4) is 28.7 Å². The molecule has 162 valence electrons. The zero-order valence-electron chi connectivity index (χ0n) is 18.3. The van der Waals surface area contributed by atoms with Gasteiger partial charge in [0.25, 0.3) is 0 Å². The normalized spacial score (nSPS) is 17.5. The predicted molar refractivity (Wildman–Crippen MR) is 120 cm³/mol. The molecule has 1 heterocycles. The summed E-state index contributed by atoms with van der Waals surface area (Å²) in [6.07, 6.45) is 0.682. The van der Waals surface area contributed by atoms with Gasteiger partial charge in [-0.25, -0.2) is 0 Å². The lowest BCUT2D eigenvalue weighted by Gasteiger charge is -2.36. The molecule has 0 amide bonds. The first-order valence-electron chi connectivity index (χ1n) is 10.5. The van der Waals surface area contributed by atoms with E-state index in [4.69, 9.17) is 14.2 Å². The molecule has 1 aliphatic heterocycles. The van der Waals surface area contributed by atoms with Crippen LogP contribution in [0.25, 0.3) is 0 Å². The van der Waals surface area contributed by atoms with Gasteiger partial charge in [0.05, 0.1) is 20.8 Å². The zero-order chi connectivity index (χ0) is 22.1. The van der Waals surface area contributed by atoms with Crippen molar-refractivity contribution in [2.45, 2.75) is 32.1 Å². The van der Waals surface area contributed by atoms with Crippen LogP contribution in [0.3, 0.4) is 0 Å². The summed E-state index contributed by atoms with van der Waals surface area (Å²) < 4.78 is 17.0. The topological polar surface area (TPSA) is 68.2 Å². The van der Waals surface area contributed by atoms with Gasteiger partial charge in [0, 0.05) is 23.0 Å². The Morgan fingerprint density at radius 2 is 1.58 bits per heavy atom. The number of fused-ring (bicyclic) bond motifs is 1. The maximum Gasteiger partial charge on any atom is 0.200 e. The molecule has 0 fully saturated rings. The fraction of sp³-hybridized carbons (Fsp3) is 0.308. The first-order chi connectivity index (χ1) is 15.0. The standard InChI is InChI=1S/C26H28O5/c1-5-18-21(27)11-10-19-24(16-8-6-15(2)7-9-16)20(14-31-26(18)19)17-12-22(29-3)25(28)23(13-17)30-4/h6-13,20,24,27-28H,5,14H2,1-4H3. The molecular weight excluding hydrogens is 392 g/mol. The van der Waals surface area contributed by atoms with Crippen LogP contribution < -0.4 is 14.2 Å². The molecule has 31 heavy (non-hydrogen) atoms. The molecule has 0 spiro atoms. The summed E-state index contributed by atoms with van der Waals surface area (Å²) in [5.41, 5.74) is 5.18. The van der Waals surface area contributed by atoms with Gasteiger partial charge in [-0.15, -0.1) is 0 Å². The average Bonchev–Trinajstić information content (AvgIpc) is 2.79. The zero-order valence-corrected chi connectivity index (χ0v) is 18.3. The van der Waals surface area contributed by atoms with Gasteiger partial charge in [0.2, 0.25) is 5.75 Å². The molecule has 0 radical (unpaired) electrons. The first kappa shape index (κ1) is 20.9. The van der Waals surface area contributed by atoms with Gasteiger partial charge in [-0.1, -0.05) is 42.8 Å². The van der Waals surface area contributed by atoms with Crippen LogP contribution in [0.1, 0.15) is 46.6 Å². The Balaban J connectivity index is 1.91. The predicted octanol–water partition coefficient (Wildman–Crippen LogP) is 5.29. The van der Waals surface area contributed by atoms with Crippen LogP contribution in [0.4, 0.5) is 0 Å². The third kappa shape index (κ3) is 3.65. The number of aromatic hydroxyl groups is 2. The van der Waals surface area contributed by atoms with Crippen molar-refractivity contribution in [2.24, 2.45) is 0 Å². The minimum absolute atomic E-state index is 0.00852. The number of ether oxygens (including phenoxy) is 3. The van der Waals surface area contributed by atoms with Gasteiger partial charge in [-0.05, 0) is 42.7 Å². The molecule has 2 N–H and O–H groups in total. The van der Waals surface area contributed by atoms with E-state index in [0.717, 1.165) is 22.4 Å². The minimum Gasteiger partial charge on any atom is -0.508 e. The van der Waals surface area contributed by atoms with E-state index in [2.05, 4.69) is 31.2 Å². The Labute approximate surface area is 182 Å². The number of hydrogen-bond acceptors (Lipinski definition) is 5. The second-order valence-electron chi connectivity index (χ2n) is 7.92. The SMILES string of the molecule is CCc1c(O)ccc2c1OCC(c1cc(OC)c(O)c(OC)c1)C2c1ccc(C)cc1. The highest BCUT2D eigenvalue weighted by Gasteiger charge is 2.36. The highest BCUT2D eigenvalue weighted by molar-refractivity contribution is 5.58. The molecule has 4 rings (SSSR count). The van der Waals surface area contributed by atoms with E-state index < -0.39 is 0 Å². The Hall–Kier alpha value is -3.34. The van der Waals surface area contributed by atoms with Crippen LogP contribution in [0.5, 0.6) is 28.7 Å². The summed E-state index contributed by atoms with van der Waals surface area (Å²) in [4.78, 5) is 0. The van der Waals surface area contributed by atoms with Gasteiger partial charge >= 0.3 is 0 Å². The summed E-state index contributed by atoms with van der Waals surface area (Å²) >= 11 is 0. The fourth-order valence-corrected chi connectivity index (χ4v) is 4.48.